The van der Waals surface area contributed by atoms with Crippen LogP contribution in [0.5, 0.6) is 0 Å². The highest BCUT2D eigenvalue weighted by Gasteiger charge is 2.48. The van der Waals surface area contributed by atoms with Gasteiger partial charge in [0.2, 0.25) is 0 Å². The lowest BCUT2D eigenvalue weighted by Gasteiger charge is -2.16. The number of aliphatic hydroxyl groups excluding tert-OH is 1. The molecule has 0 saturated carbocycles. The van der Waals surface area contributed by atoms with Gasteiger partial charge in [0.25, 0.3) is 0 Å². The summed E-state index contributed by atoms with van der Waals surface area (Å²) >= 11 is 0. The van der Waals surface area contributed by atoms with Crippen molar-refractivity contribution in [1.82, 2.24) is 0 Å². The quantitative estimate of drug-likeness (QED) is 0.218. The molecule has 2 aliphatic heterocycles. The molecule has 2 rings (SSSR count). The number of unbranched alkanes of at least 4 members (excludes halogenated alkanes) is 11. The van der Waals surface area contributed by atoms with Crippen LogP contribution < -0.4 is 0 Å². The van der Waals surface area contributed by atoms with Crippen molar-refractivity contribution in [2.75, 3.05) is 13.2 Å². The summed E-state index contributed by atoms with van der Waals surface area (Å²) in [5.41, 5.74) is 0. The zero-order chi connectivity index (χ0) is 20.7. The predicted octanol–water partition coefficient (Wildman–Crippen LogP) is 5.09. The molecular weight excluding hydrogens is 368 g/mol. The first-order valence-electron chi connectivity index (χ1n) is 12.0. The minimum atomic E-state index is -0.603. The molecule has 1 N–H and O–H groups in total. The largest absolute Gasteiger partial charge is 0.457 e. The van der Waals surface area contributed by atoms with Crippen molar-refractivity contribution in [1.29, 1.82) is 0 Å². The minimum Gasteiger partial charge on any atom is -0.457 e. The molecule has 0 aromatic heterocycles. The number of hydrogen-bond acceptors (Lipinski definition) is 5. The molecule has 2 fully saturated rings. The second-order valence-corrected chi connectivity index (χ2v) is 8.53. The van der Waals surface area contributed by atoms with Gasteiger partial charge in [-0.3, -0.25) is 4.79 Å². The molecule has 0 unspecified atom stereocenters. The third-order valence-corrected chi connectivity index (χ3v) is 5.91. The van der Waals surface area contributed by atoms with E-state index in [0.717, 1.165) is 12.8 Å². The summed E-state index contributed by atoms with van der Waals surface area (Å²) in [6, 6.07) is 0. The topological polar surface area (TPSA) is 65.0 Å². The number of allylic oxidation sites excluding steroid dienone is 2. The highest BCUT2D eigenvalue weighted by Crippen LogP contribution is 2.29. The SMILES string of the molecule is CCCCCCCC/C=C\CCCCCCCC(=O)O[C@@H]1CO[C@H]2[C@H]1OC[C@H]2O. The Bertz CT molecular complexity index is 464. The van der Waals surface area contributed by atoms with Crippen LogP contribution in [0.4, 0.5) is 0 Å². The van der Waals surface area contributed by atoms with Gasteiger partial charge in [-0.2, -0.15) is 0 Å². The van der Waals surface area contributed by atoms with Crippen LogP contribution in [-0.2, 0) is 19.0 Å². The first kappa shape index (κ1) is 24.4. The van der Waals surface area contributed by atoms with E-state index in [-0.39, 0.29) is 30.9 Å². The number of carbonyl (C=O) groups excluding carboxylic acids is 1. The molecule has 29 heavy (non-hydrogen) atoms. The summed E-state index contributed by atoms with van der Waals surface area (Å²) < 4.78 is 16.4. The summed E-state index contributed by atoms with van der Waals surface area (Å²) in [5.74, 6) is -0.179. The summed E-state index contributed by atoms with van der Waals surface area (Å²) in [4.78, 5) is 12.0. The second-order valence-electron chi connectivity index (χ2n) is 8.53. The molecule has 5 nitrogen and oxygen atoms in total. The van der Waals surface area contributed by atoms with Crippen LogP contribution in [0.2, 0.25) is 0 Å². The Balaban J connectivity index is 1.35. The Kier molecular flexibility index (Phi) is 12.6. The number of rotatable bonds is 16. The molecular formula is C24H42O5. The van der Waals surface area contributed by atoms with Gasteiger partial charge in [0.05, 0.1) is 13.2 Å². The Morgan fingerprint density at radius 3 is 2.14 bits per heavy atom. The van der Waals surface area contributed by atoms with Crippen LogP contribution in [0.25, 0.3) is 0 Å². The summed E-state index contributed by atoms with van der Waals surface area (Å²) in [5, 5.41) is 9.71. The maximum absolute atomic E-state index is 12.0. The molecule has 0 aromatic carbocycles. The number of aliphatic hydroxyl groups is 1. The minimum absolute atomic E-state index is 0.179. The lowest BCUT2D eigenvalue weighted by atomic mass is 10.1. The van der Waals surface area contributed by atoms with Gasteiger partial charge in [0.15, 0.2) is 6.10 Å². The average molecular weight is 411 g/mol. The fourth-order valence-corrected chi connectivity index (χ4v) is 4.11. The molecule has 0 bridgehead atoms. The zero-order valence-electron chi connectivity index (χ0n) is 18.4. The maximum Gasteiger partial charge on any atom is 0.306 e. The molecule has 2 saturated heterocycles. The van der Waals surface area contributed by atoms with Crippen molar-refractivity contribution in [3.63, 3.8) is 0 Å². The standard InChI is InChI=1S/C24H42O5/c1-2-3-4-5-6-7-8-9-10-11-12-13-14-15-16-17-22(26)29-21-19-28-23-20(25)18-27-24(21)23/h9-10,20-21,23-25H,2-8,11-19H2,1H3/b10-9-/t20-,21-,23-,24+/m1/s1. The first-order valence-corrected chi connectivity index (χ1v) is 12.0. The molecule has 0 spiro atoms. The van der Waals surface area contributed by atoms with E-state index in [9.17, 15) is 9.90 Å². The number of ether oxygens (including phenoxy) is 3. The first-order chi connectivity index (χ1) is 14.2. The van der Waals surface area contributed by atoms with Gasteiger partial charge in [-0.1, -0.05) is 70.4 Å². The van der Waals surface area contributed by atoms with Gasteiger partial charge >= 0.3 is 5.97 Å². The second kappa shape index (κ2) is 15.0. The van der Waals surface area contributed by atoms with Crippen LogP contribution in [0.3, 0.4) is 0 Å². The normalized spacial score (nSPS) is 26.3. The van der Waals surface area contributed by atoms with E-state index in [2.05, 4.69) is 19.1 Å². The van der Waals surface area contributed by atoms with Crippen molar-refractivity contribution in [3.8, 4) is 0 Å². The van der Waals surface area contributed by atoms with E-state index in [4.69, 9.17) is 14.2 Å². The Morgan fingerprint density at radius 2 is 1.45 bits per heavy atom. The van der Waals surface area contributed by atoms with Crippen LogP contribution in [0, 0.1) is 0 Å². The summed E-state index contributed by atoms with van der Waals surface area (Å²) in [6.07, 6.45) is 19.7. The maximum atomic E-state index is 12.0. The number of fused-ring (bicyclic) bond motifs is 1. The molecule has 0 aromatic rings. The van der Waals surface area contributed by atoms with E-state index >= 15 is 0 Å². The zero-order valence-corrected chi connectivity index (χ0v) is 18.4. The van der Waals surface area contributed by atoms with Crippen LogP contribution in [0.15, 0.2) is 12.2 Å². The van der Waals surface area contributed by atoms with Crippen LogP contribution in [0.1, 0.15) is 96.8 Å². The van der Waals surface area contributed by atoms with Crippen molar-refractivity contribution in [2.24, 2.45) is 0 Å². The Hall–Kier alpha value is -0.910. The molecule has 5 heteroatoms. The van der Waals surface area contributed by atoms with Gasteiger partial charge in [-0.05, 0) is 32.1 Å². The number of esters is 1. The predicted molar refractivity (Wildman–Crippen MR) is 115 cm³/mol. The highest BCUT2D eigenvalue weighted by molar-refractivity contribution is 5.69. The van der Waals surface area contributed by atoms with Gasteiger partial charge in [-0.15, -0.1) is 0 Å². The van der Waals surface area contributed by atoms with E-state index < -0.39 is 6.10 Å². The van der Waals surface area contributed by atoms with Gasteiger partial charge in [-0.25, -0.2) is 0 Å². The van der Waals surface area contributed by atoms with Gasteiger partial charge in [0, 0.05) is 6.42 Å². The lowest BCUT2D eigenvalue weighted by molar-refractivity contribution is -0.153. The average Bonchev–Trinajstić information content (AvgIpc) is 3.28. The van der Waals surface area contributed by atoms with E-state index in [1.54, 1.807) is 0 Å². The summed E-state index contributed by atoms with van der Waals surface area (Å²) in [7, 11) is 0. The van der Waals surface area contributed by atoms with E-state index in [1.807, 2.05) is 0 Å². The van der Waals surface area contributed by atoms with Crippen LogP contribution >= 0.6 is 0 Å². The third-order valence-electron chi connectivity index (χ3n) is 5.91. The molecule has 2 heterocycles. The fraction of sp³-hybridized carbons (Fsp3) is 0.875. The number of hydrogen-bond donors (Lipinski definition) is 1. The fourth-order valence-electron chi connectivity index (χ4n) is 4.11. The Morgan fingerprint density at radius 1 is 0.862 bits per heavy atom. The van der Waals surface area contributed by atoms with E-state index in [0.29, 0.717) is 13.0 Å². The summed E-state index contributed by atoms with van der Waals surface area (Å²) in [6.45, 7) is 2.85. The van der Waals surface area contributed by atoms with Gasteiger partial charge < -0.3 is 19.3 Å². The Labute approximate surface area is 177 Å². The number of carbonyl (C=O) groups is 1. The van der Waals surface area contributed by atoms with Crippen LogP contribution in [-0.4, -0.2) is 48.7 Å². The molecule has 4 atom stereocenters. The smallest absolute Gasteiger partial charge is 0.306 e. The van der Waals surface area contributed by atoms with Gasteiger partial charge in [0.1, 0.15) is 18.3 Å². The molecule has 2 aliphatic rings. The molecule has 168 valence electrons. The molecule has 0 aliphatic carbocycles. The van der Waals surface area contributed by atoms with Crippen molar-refractivity contribution >= 4 is 5.97 Å². The van der Waals surface area contributed by atoms with Crippen molar-refractivity contribution in [3.05, 3.63) is 12.2 Å². The highest BCUT2D eigenvalue weighted by atomic mass is 16.6. The lowest BCUT2D eigenvalue weighted by Crippen LogP contribution is -2.34. The monoisotopic (exact) mass is 410 g/mol. The van der Waals surface area contributed by atoms with E-state index in [1.165, 1.54) is 70.6 Å². The van der Waals surface area contributed by atoms with Crippen molar-refractivity contribution < 1.29 is 24.1 Å². The molecule has 0 amide bonds. The van der Waals surface area contributed by atoms with Crippen molar-refractivity contribution in [2.45, 2.75) is 121 Å². The molecule has 0 radical (unpaired) electrons. The third kappa shape index (κ3) is 9.63.